The second-order valence-electron chi connectivity index (χ2n) is 13.1. The number of ether oxygens (including phenoxy) is 3. The number of nitrogens with one attached hydrogen (secondary N) is 2. The molecule has 3 aliphatic rings. The minimum Gasteiger partial charge on any atom is -0.493 e. The molecule has 1 aromatic carbocycles. The van der Waals surface area contributed by atoms with Gasteiger partial charge in [0.05, 0.1) is 42.0 Å². The van der Waals surface area contributed by atoms with E-state index < -0.39 is 47.0 Å². The fourth-order valence-corrected chi connectivity index (χ4v) is 6.38. The molecule has 0 radical (unpaired) electrons. The van der Waals surface area contributed by atoms with Crippen LogP contribution < -0.4 is 15.4 Å². The second-order valence-corrected chi connectivity index (χ2v) is 14.0. The van der Waals surface area contributed by atoms with Crippen molar-refractivity contribution in [3.8, 4) is 16.2 Å². The van der Waals surface area contributed by atoms with Gasteiger partial charge >= 0.3 is 0 Å². The molecule has 3 fully saturated rings. The maximum absolute atomic E-state index is 14.5. The first-order valence-corrected chi connectivity index (χ1v) is 16.4. The lowest BCUT2D eigenvalue weighted by atomic mass is 9.85. The number of β-amino-alcohol motifs (C(OH)–C–C–N with tert-alkyl or cyclic N) is 1. The van der Waals surface area contributed by atoms with E-state index in [9.17, 15) is 23.9 Å². The first-order valence-electron chi connectivity index (χ1n) is 15.5. The Labute approximate surface area is 266 Å². The molecule has 1 aliphatic carbocycles. The number of thiazole rings is 1. The molecule has 3 atom stereocenters. The van der Waals surface area contributed by atoms with E-state index in [2.05, 4.69) is 15.6 Å². The topological polar surface area (TPSA) is 139 Å². The minimum atomic E-state index is -1.95. The molecule has 2 unspecified atom stereocenters. The zero-order chi connectivity index (χ0) is 32.4. The molecule has 0 spiro atoms. The van der Waals surface area contributed by atoms with Gasteiger partial charge < -0.3 is 34.9 Å². The van der Waals surface area contributed by atoms with Crippen LogP contribution in [0.3, 0.4) is 0 Å². The first-order chi connectivity index (χ1) is 21.4. The van der Waals surface area contributed by atoms with Crippen LogP contribution in [0.4, 0.5) is 4.39 Å². The van der Waals surface area contributed by atoms with E-state index in [-0.39, 0.29) is 38.6 Å². The number of nitrogens with zero attached hydrogens (tertiary/aromatic N) is 2. The van der Waals surface area contributed by atoms with E-state index in [4.69, 9.17) is 14.2 Å². The molecule has 11 nitrogen and oxygen atoms in total. The van der Waals surface area contributed by atoms with Crippen molar-refractivity contribution in [2.24, 2.45) is 5.41 Å². The van der Waals surface area contributed by atoms with Crippen molar-refractivity contribution in [3.05, 3.63) is 35.0 Å². The van der Waals surface area contributed by atoms with Crippen LogP contribution in [-0.4, -0.2) is 89.2 Å². The summed E-state index contributed by atoms with van der Waals surface area (Å²) in [4.78, 5) is 46.5. The molecule has 2 aliphatic heterocycles. The van der Waals surface area contributed by atoms with Gasteiger partial charge in [-0.3, -0.25) is 14.4 Å². The Morgan fingerprint density at radius 1 is 1.24 bits per heavy atom. The van der Waals surface area contributed by atoms with Gasteiger partial charge in [-0.2, -0.15) is 0 Å². The highest BCUT2D eigenvalue weighted by Gasteiger charge is 2.53. The highest BCUT2D eigenvalue weighted by molar-refractivity contribution is 7.13. The summed E-state index contributed by atoms with van der Waals surface area (Å²) < 4.78 is 31.7. The van der Waals surface area contributed by atoms with Gasteiger partial charge in [-0.15, -0.1) is 11.3 Å². The van der Waals surface area contributed by atoms with Gasteiger partial charge in [0.25, 0.3) is 5.91 Å². The lowest BCUT2D eigenvalue weighted by Crippen LogP contribution is -2.59. The number of hydrogen-bond acceptors (Lipinski definition) is 9. The molecular formula is C32H43FN4O7S. The van der Waals surface area contributed by atoms with E-state index >= 15 is 0 Å². The number of rotatable bonds is 12. The van der Waals surface area contributed by atoms with Crippen molar-refractivity contribution in [2.75, 3.05) is 26.4 Å². The van der Waals surface area contributed by atoms with Gasteiger partial charge in [-0.25, -0.2) is 9.37 Å². The van der Waals surface area contributed by atoms with E-state index in [0.717, 1.165) is 21.7 Å². The van der Waals surface area contributed by atoms with E-state index in [1.807, 2.05) is 25.1 Å². The van der Waals surface area contributed by atoms with Crippen molar-refractivity contribution in [1.82, 2.24) is 20.5 Å². The lowest BCUT2D eigenvalue weighted by molar-refractivity contribution is -0.145. The molecule has 0 bridgehead atoms. The largest absolute Gasteiger partial charge is 0.493 e. The molecule has 5 rings (SSSR count). The zero-order valence-corrected chi connectivity index (χ0v) is 27.1. The molecule has 246 valence electrons. The van der Waals surface area contributed by atoms with Gasteiger partial charge in [0.2, 0.25) is 11.8 Å². The minimum absolute atomic E-state index is 0.0493. The smallest absolute Gasteiger partial charge is 0.258 e. The number of likely N-dealkylation sites (tertiary alicyclic amines) is 1. The predicted molar refractivity (Wildman–Crippen MR) is 165 cm³/mol. The predicted octanol–water partition coefficient (Wildman–Crippen LogP) is 3.26. The molecule has 3 amide bonds. The number of aromatic nitrogens is 1. The summed E-state index contributed by atoms with van der Waals surface area (Å²) in [6, 6.07) is 3.77. The van der Waals surface area contributed by atoms with Crippen molar-refractivity contribution in [1.29, 1.82) is 0 Å². The summed E-state index contributed by atoms with van der Waals surface area (Å²) in [6.07, 6.45) is 0.583. The Bertz CT molecular complexity index is 1390. The van der Waals surface area contributed by atoms with E-state index in [0.29, 0.717) is 38.4 Å². The van der Waals surface area contributed by atoms with Crippen LogP contribution >= 0.6 is 11.3 Å². The number of aryl methyl sites for hydroxylation is 1. The molecule has 45 heavy (non-hydrogen) atoms. The van der Waals surface area contributed by atoms with Crippen LogP contribution in [0, 0.1) is 12.3 Å². The number of alkyl halides is 1. The highest BCUT2D eigenvalue weighted by atomic mass is 32.1. The Morgan fingerprint density at radius 3 is 2.62 bits per heavy atom. The van der Waals surface area contributed by atoms with Crippen LogP contribution in [0.2, 0.25) is 0 Å². The normalized spacial score (nSPS) is 21.9. The number of aliphatic hydroxyl groups excluding tert-OH is 1. The number of benzene rings is 1. The molecule has 13 heteroatoms. The molecule has 1 saturated carbocycles. The second kappa shape index (κ2) is 13.7. The number of carbonyl (C=O) groups is 3. The van der Waals surface area contributed by atoms with E-state index in [1.54, 1.807) is 26.3 Å². The van der Waals surface area contributed by atoms with Crippen LogP contribution in [-0.2, 0) is 30.4 Å². The molecule has 2 aromatic rings. The molecule has 3 heterocycles. The Balaban J connectivity index is 1.27. The number of carbonyl (C=O) groups excluding carboxylic acids is 3. The van der Waals surface area contributed by atoms with Gasteiger partial charge in [-0.1, -0.05) is 32.9 Å². The Hall–Kier alpha value is -3.13. The molecule has 3 N–H and O–H groups in total. The van der Waals surface area contributed by atoms with E-state index in [1.165, 1.54) is 16.2 Å². The lowest BCUT2D eigenvalue weighted by Gasteiger charge is -2.35. The quantitative estimate of drug-likeness (QED) is 0.299. The van der Waals surface area contributed by atoms with Crippen molar-refractivity contribution < 1.29 is 38.1 Å². The third-order valence-electron chi connectivity index (χ3n) is 8.41. The maximum Gasteiger partial charge on any atom is 0.258 e. The summed E-state index contributed by atoms with van der Waals surface area (Å²) in [5.74, 6) is -1.17. The number of halogens is 1. The summed E-state index contributed by atoms with van der Waals surface area (Å²) in [7, 11) is 0. The number of hydrogen-bond donors (Lipinski definition) is 3. The van der Waals surface area contributed by atoms with Gasteiger partial charge in [0, 0.05) is 31.5 Å². The molecular weight excluding hydrogens is 603 g/mol. The summed E-state index contributed by atoms with van der Waals surface area (Å²) >= 11 is 1.54. The maximum atomic E-state index is 14.5. The number of aliphatic hydroxyl groups is 1. The fourth-order valence-electron chi connectivity index (χ4n) is 5.58. The van der Waals surface area contributed by atoms with Crippen LogP contribution in [0.25, 0.3) is 10.4 Å². The monoisotopic (exact) mass is 646 g/mol. The third-order valence-corrected chi connectivity index (χ3v) is 9.39. The summed E-state index contributed by atoms with van der Waals surface area (Å²) in [5.41, 5.74) is 1.70. The average molecular weight is 647 g/mol. The summed E-state index contributed by atoms with van der Waals surface area (Å²) in [6.45, 7) is 8.92. The Morgan fingerprint density at radius 2 is 1.98 bits per heavy atom. The fraction of sp³-hybridized carbons (Fsp3) is 0.625. The van der Waals surface area contributed by atoms with Gasteiger partial charge in [0.15, 0.2) is 12.0 Å². The SMILES string of the molecule is Cc1ncsc1-c1ccc(CNC(=O)C2CC(O)CN2C(=O)[C@@H](NC(=O)C2(F)CC2)C(C)(C)C)c(OCCCC2OCCO2)c1. The van der Waals surface area contributed by atoms with Crippen LogP contribution in [0.15, 0.2) is 23.7 Å². The molecule has 1 aromatic heterocycles. The number of amides is 3. The van der Waals surface area contributed by atoms with Crippen molar-refractivity contribution in [2.45, 2.75) is 96.5 Å². The van der Waals surface area contributed by atoms with Gasteiger partial charge in [-0.05, 0) is 43.2 Å². The van der Waals surface area contributed by atoms with Crippen LogP contribution in [0.5, 0.6) is 5.75 Å². The standard InChI is InChI=1S/C32H43FN4O7S/c1-19-26(45-18-35-19)20-7-8-21(24(14-20)42-11-5-6-25-43-12-13-44-25)16-34-28(39)23-15-22(38)17-37(23)29(40)27(31(2,3)4)36-30(41)32(33)9-10-32/h7-8,14,18,22-23,25,27,38H,5-6,9-13,15-17H2,1-4H3,(H,34,39)(H,36,41)/t22?,23?,27-/m1/s1. The van der Waals surface area contributed by atoms with Crippen LogP contribution in [0.1, 0.15) is 64.1 Å². The zero-order valence-electron chi connectivity index (χ0n) is 26.3. The third kappa shape index (κ3) is 8.00. The average Bonchev–Trinajstić information content (AvgIpc) is 3.35. The molecule has 2 saturated heterocycles. The van der Waals surface area contributed by atoms with Gasteiger partial charge in [0.1, 0.15) is 17.8 Å². The van der Waals surface area contributed by atoms with Crippen molar-refractivity contribution in [3.63, 3.8) is 0 Å². The highest BCUT2D eigenvalue weighted by Crippen LogP contribution is 2.40. The Kier molecular flexibility index (Phi) is 10.1. The van der Waals surface area contributed by atoms with Crippen molar-refractivity contribution >= 4 is 29.1 Å². The first kappa shape index (κ1) is 33.2. The summed E-state index contributed by atoms with van der Waals surface area (Å²) in [5, 5.41) is 16.0.